The molecule has 0 aromatic carbocycles. The average molecular weight is 227 g/mol. The zero-order valence-electron chi connectivity index (χ0n) is 10.4. The summed E-state index contributed by atoms with van der Waals surface area (Å²) in [7, 11) is 0. The Balaban J connectivity index is 2.00. The first-order valence-electron chi connectivity index (χ1n) is 6.63. The molecule has 0 saturated heterocycles. The van der Waals surface area contributed by atoms with Crippen molar-refractivity contribution in [3.8, 4) is 0 Å². The molecule has 3 heteroatoms. The van der Waals surface area contributed by atoms with Gasteiger partial charge < -0.3 is 10.4 Å². The molecule has 0 aliphatic heterocycles. The molecule has 1 saturated carbocycles. The van der Waals surface area contributed by atoms with Crippen LogP contribution in [0.2, 0.25) is 0 Å². The Morgan fingerprint density at radius 2 is 2.06 bits per heavy atom. The lowest BCUT2D eigenvalue weighted by molar-refractivity contribution is -0.136. The third-order valence-corrected chi connectivity index (χ3v) is 3.56. The van der Waals surface area contributed by atoms with Crippen LogP contribution in [0.25, 0.3) is 0 Å². The van der Waals surface area contributed by atoms with Crippen LogP contribution < -0.4 is 5.32 Å². The Bertz CT molecular complexity index is 200. The van der Waals surface area contributed by atoms with Gasteiger partial charge in [0.2, 0.25) is 0 Å². The smallest absolute Gasteiger partial charge is 0.304 e. The van der Waals surface area contributed by atoms with E-state index in [4.69, 9.17) is 5.11 Å². The number of carbonyl (C=O) groups is 1. The molecule has 2 N–H and O–H groups in total. The topological polar surface area (TPSA) is 49.3 Å². The van der Waals surface area contributed by atoms with Crippen molar-refractivity contribution in [2.75, 3.05) is 6.54 Å². The standard InChI is InChI=1S/C13H25NO2/c1-11(14-10-9-13(15)16)7-8-12-5-3-2-4-6-12/h11-12,14H,2-10H2,1H3,(H,15,16). The molecule has 0 radical (unpaired) electrons. The van der Waals surface area contributed by atoms with Crippen LogP contribution in [0.3, 0.4) is 0 Å². The molecule has 0 aromatic rings. The van der Waals surface area contributed by atoms with Gasteiger partial charge in [0.25, 0.3) is 0 Å². The van der Waals surface area contributed by atoms with Crippen molar-refractivity contribution < 1.29 is 9.90 Å². The minimum absolute atomic E-state index is 0.230. The Hall–Kier alpha value is -0.570. The Kier molecular flexibility index (Phi) is 6.46. The fourth-order valence-corrected chi connectivity index (χ4v) is 2.49. The van der Waals surface area contributed by atoms with Crippen LogP contribution in [-0.4, -0.2) is 23.7 Å². The van der Waals surface area contributed by atoms with Gasteiger partial charge in [-0.15, -0.1) is 0 Å². The highest BCUT2D eigenvalue weighted by atomic mass is 16.4. The molecule has 94 valence electrons. The van der Waals surface area contributed by atoms with Gasteiger partial charge in [-0.3, -0.25) is 4.79 Å². The highest BCUT2D eigenvalue weighted by Crippen LogP contribution is 2.27. The molecule has 0 amide bonds. The average Bonchev–Trinajstić information content (AvgIpc) is 2.27. The number of rotatable bonds is 7. The second-order valence-electron chi connectivity index (χ2n) is 5.08. The van der Waals surface area contributed by atoms with Crippen molar-refractivity contribution in [1.29, 1.82) is 0 Å². The van der Waals surface area contributed by atoms with Crippen molar-refractivity contribution in [3.63, 3.8) is 0 Å². The van der Waals surface area contributed by atoms with E-state index in [0.29, 0.717) is 12.6 Å². The monoisotopic (exact) mass is 227 g/mol. The van der Waals surface area contributed by atoms with E-state index in [1.54, 1.807) is 0 Å². The first-order valence-corrected chi connectivity index (χ1v) is 6.63. The highest BCUT2D eigenvalue weighted by molar-refractivity contribution is 5.66. The van der Waals surface area contributed by atoms with Crippen LogP contribution in [0.15, 0.2) is 0 Å². The summed E-state index contributed by atoms with van der Waals surface area (Å²) < 4.78 is 0. The molecule has 16 heavy (non-hydrogen) atoms. The molecule has 1 fully saturated rings. The van der Waals surface area contributed by atoms with E-state index < -0.39 is 5.97 Å². The first-order chi connectivity index (χ1) is 7.68. The second kappa shape index (κ2) is 7.66. The predicted molar refractivity (Wildman–Crippen MR) is 65.5 cm³/mol. The maximum absolute atomic E-state index is 10.3. The maximum atomic E-state index is 10.3. The van der Waals surface area contributed by atoms with E-state index in [2.05, 4.69) is 12.2 Å². The number of hydrogen-bond donors (Lipinski definition) is 2. The van der Waals surface area contributed by atoms with E-state index in [1.165, 1.54) is 44.9 Å². The minimum Gasteiger partial charge on any atom is -0.481 e. The molecular weight excluding hydrogens is 202 g/mol. The quantitative estimate of drug-likeness (QED) is 0.703. The van der Waals surface area contributed by atoms with Crippen LogP contribution in [0.4, 0.5) is 0 Å². The first kappa shape index (κ1) is 13.5. The maximum Gasteiger partial charge on any atom is 0.304 e. The number of nitrogens with one attached hydrogen (secondary N) is 1. The van der Waals surface area contributed by atoms with Gasteiger partial charge in [-0.25, -0.2) is 0 Å². The number of aliphatic carboxylic acids is 1. The third-order valence-electron chi connectivity index (χ3n) is 3.56. The fourth-order valence-electron chi connectivity index (χ4n) is 2.49. The van der Waals surface area contributed by atoms with Crippen molar-refractivity contribution >= 4 is 5.97 Å². The normalized spacial score (nSPS) is 19.6. The fraction of sp³-hybridized carbons (Fsp3) is 0.923. The molecule has 0 aromatic heterocycles. The lowest BCUT2D eigenvalue weighted by atomic mass is 9.85. The van der Waals surface area contributed by atoms with E-state index in [1.807, 2.05) is 0 Å². The van der Waals surface area contributed by atoms with Gasteiger partial charge in [0.15, 0.2) is 0 Å². The summed E-state index contributed by atoms with van der Waals surface area (Å²) in [5.74, 6) is 0.212. The van der Waals surface area contributed by atoms with Gasteiger partial charge in [-0.05, 0) is 25.7 Å². The Labute approximate surface area is 98.6 Å². The lowest BCUT2D eigenvalue weighted by Crippen LogP contribution is -2.28. The largest absolute Gasteiger partial charge is 0.481 e. The summed E-state index contributed by atoms with van der Waals surface area (Å²) in [4.78, 5) is 10.3. The summed E-state index contributed by atoms with van der Waals surface area (Å²) in [6.45, 7) is 2.76. The number of hydrogen-bond acceptors (Lipinski definition) is 2. The molecule has 1 atom stereocenters. The number of carboxylic acid groups (broad SMARTS) is 1. The summed E-state index contributed by atoms with van der Waals surface area (Å²) in [5, 5.41) is 11.8. The molecular formula is C13H25NO2. The highest BCUT2D eigenvalue weighted by Gasteiger charge is 2.14. The van der Waals surface area contributed by atoms with Crippen LogP contribution in [0, 0.1) is 5.92 Å². The van der Waals surface area contributed by atoms with E-state index in [-0.39, 0.29) is 6.42 Å². The Morgan fingerprint density at radius 3 is 2.69 bits per heavy atom. The summed E-state index contributed by atoms with van der Waals surface area (Å²) in [6, 6.07) is 0.460. The molecule has 1 aliphatic carbocycles. The second-order valence-corrected chi connectivity index (χ2v) is 5.08. The van der Waals surface area contributed by atoms with Gasteiger partial charge in [0, 0.05) is 12.6 Å². The molecule has 1 unspecified atom stereocenters. The van der Waals surface area contributed by atoms with E-state index in [0.717, 1.165) is 5.92 Å². The number of carboxylic acids is 1. The SMILES string of the molecule is CC(CCC1CCCCC1)NCCC(=O)O. The summed E-state index contributed by atoms with van der Waals surface area (Å²) >= 11 is 0. The summed E-state index contributed by atoms with van der Waals surface area (Å²) in [5.41, 5.74) is 0. The van der Waals surface area contributed by atoms with Gasteiger partial charge in [0.05, 0.1) is 6.42 Å². The third kappa shape index (κ3) is 6.11. The van der Waals surface area contributed by atoms with Gasteiger partial charge in [-0.1, -0.05) is 32.1 Å². The molecule has 3 nitrogen and oxygen atoms in total. The minimum atomic E-state index is -0.716. The molecule has 0 bridgehead atoms. The van der Waals surface area contributed by atoms with Gasteiger partial charge >= 0.3 is 5.97 Å². The summed E-state index contributed by atoms with van der Waals surface area (Å²) in [6.07, 6.45) is 9.77. The van der Waals surface area contributed by atoms with E-state index >= 15 is 0 Å². The van der Waals surface area contributed by atoms with Crippen molar-refractivity contribution in [2.24, 2.45) is 5.92 Å². The zero-order valence-corrected chi connectivity index (χ0v) is 10.4. The van der Waals surface area contributed by atoms with Crippen LogP contribution in [-0.2, 0) is 4.79 Å². The van der Waals surface area contributed by atoms with Crippen LogP contribution >= 0.6 is 0 Å². The lowest BCUT2D eigenvalue weighted by Gasteiger charge is -2.23. The Morgan fingerprint density at radius 1 is 1.38 bits per heavy atom. The molecule has 1 aliphatic rings. The predicted octanol–water partition coefficient (Wildman–Crippen LogP) is 2.80. The van der Waals surface area contributed by atoms with E-state index in [9.17, 15) is 4.79 Å². The van der Waals surface area contributed by atoms with Crippen molar-refractivity contribution in [3.05, 3.63) is 0 Å². The van der Waals surface area contributed by atoms with Crippen LogP contribution in [0.5, 0.6) is 0 Å². The van der Waals surface area contributed by atoms with Gasteiger partial charge in [0.1, 0.15) is 0 Å². The molecule has 0 heterocycles. The van der Waals surface area contributed by atoms with Crippen molar-refractivity contribution in [1.82, 2.24) is 5.32 Å². The van der Waals surface area contributed by atoms with Gasteiger partial charge in [-0.2, -0.15) is 0 Å². The molecule has 0 spiro atoms. The van der Waals surface area contributed by atoms with Crippen LogP contribution in [0.1, 0.15) is 58.3 Å². The zero-order chi connectivity index (χ0) is 11.8. The molecule has 1 rings (SSSR count). The van der Waals surface area contributed by atoms with Crippen molar-refractivity contribution in [2.45, 2.75) is 64.3 Å².